The monoisotopic (exact) mass is 480 g/mol. The van der Waals surface area contributed by atoms with Gasteiger partial charge in [-0.05, 0) is 45.3 Å². The van der Waals surface area contributed by atoms with Crippen LogP contribution in [0.25, 0.3) is 0 Å². The highest BCUT2D eigenvalue weighted by Crippen LogP contribution is 2.37. The molecule has 0 aliphatic heterocycles. The summed E-state index contributed by atoms with van der Waals surface area (Å²) in [5.74, 6) is 1.36. The topological polar surface area (TPSA) is 30.5 Å². The first kappa shape index (κ1) is 22.6. The van der Waals surface area contributed by atoms with Crippen molar-refractivity contribution in [3.8, 4) is 11.5 Å². The van der Waals surface area contributed by atoms with Crippen molar-refractivity contribution in [3.05, 3.63) is 92.9 Å². The fraction of sp³-hybridized carbons (Fsp3) is 0.182. The SMILES string of the molecule is COc1cc(CNCc2ccccc2)cc(Br)c1OCc1ccccc1Cl.[Cl-]. The van der Waals surface area contributed by atoms with Crippen LogP contribution >= 0.6 is 27.5 Å². The average molecular weight is 482 g/mol. The minimum atomic E-state index is 0. The van der Waals surface area contributed by atoms with Crippen molar-refractivity contribution in [2.24, 2.45) is 0 Å². The van der Waals surface area contributed by atoms with Crippen molar-refractivity contribution < 1.29 is 21.9 Å². The summed E-state index contributed by atoms with van der Waals surface area (Å²) < 4.78 is 12.4. The lowest BCUT2D eigenvalue weighted by Crippen LogP contribution is -3.00. The zero-order valence-corrected chi connectivity index (χ0v) is 18.5. The van der Waals surface area contributed by atoms with Crippen LogP contribution in [-0.4, -0.2) is 7.11 Å². The number of nitrogens with one attached hydrogen (secondary N) is 1. The molecule has 0 aliphatic carbocycles. The van der Waals surface area contributed by atoms with Crippen LogP contribution in [0.3, 0.4) is 0 Å². The van der Waals surface area contributed by atoms with Crippen molar-refractivity contribution in [1.82, 2.24) is 5.32 Å². The van der Waals surface area contributed by atoms with E-state index < -0.39 is 0 Å². The van der Waals surface area contributed by atoms with Crippen molar-refractivity contribution in [3.63, 3.8) is 0 Å². The predicted octanol–water partition coefficient (Wildman–Crippen LogP) is 2.98. The number of ether oxygens (including phenoxy) is 2. The zero-order valence-electron chi connectivity index (χ0n) is 15.4. The molecule has 0 saturated carbocycles. The van der Waals surface area contributed by atoms with Gasteiger partial charge in [-0.2, -0.15) is 0 Å². The van der Waals surface area contributed by atoms with Crippen molar-refractivity contribution >= 4 is 27.5 Å². The Balaban J connectivity index is 0.00000280. The third-order valence-corrected chi connectivity index (χ3v) is 5.08. The largest absolute Gasteiger partial charge is 1.00 e. The molecule has 0 aliphatic rings. The Hall–Kier alpha value is -1.72. The first-order valence-corrected chi connectivity index (χ1v) is 9.81. The van der Waals surface area contributed by atoms with E-state index in [0.717, 1.165) is 28.7 Å². The lowest BCUT2D eigenvalue weighted by molar-refractivity contribution is -0.00000580. The van der Waals surface area contributed by atoms with Crippen LogP contribution in [0, 0.1) is 0 Å². The molecule has 1 N–H and O–H groups in total. The Morgan fingerprint density at radius 2 is 1.61 bits per heavy atom. The normalized spacial score (nSPS) is 10.2. The predicted molar refractivity (Wildman–Crippen MR) is 113 cm³/mol. The van der Waals surface area contributed by atoms with Gasteiger partial charge in [-0.15, -0.1) is 0 Å². The summed E-state index contributed by atoms with van der Waals surface area (Å²) >= 11 is 9.81. The minimum absolute atomic E-state index is 0. The number of hydrogen-bond acceptors (Lipinski definition) is 3. The fourth-order valence-electron chi connectivity index (χ4n) is 2.73. The first-order valence-electron chi connectivity index (χ1n) is 8.64. The molecular weight excluding hydrogens is 461 g/mol. The van der Waals surface area contributed by atoms with Gasteiger partial charge in [0.05, 0.1) is 11.6 Å². The van der Waals surface area contributed by atoms with Crippen LogP contribution in [0.5, 0.6) is 11.5 Å². The number of rotatable bonds is 8. The molecule has 0 spiro atoms. The van der Waals surface area contributed by atoms with Gasteiger partial charge in [0.1, 0.15) is 6.61 Å². The van der Waals surface area contributed by atoms with E-state index in [0.29, 0.717) is 23.1 Å². The van der Waals surface area contributed by atoms with E-state index in [-0.39, 0.29) is 12.4 Å². The lowest BCUT2D eigenvalue weighted by Gasteiger charge is -2.15. The van der Waals surface area contributed by atoms with Gasteiger partial charge in [0.25, 0.3) is 0 Å². The maximum atomic E-state index is 6.21. The lowest BCUT2D eigenvalue weighted by atomic mass is 10.2. The molecule has 0 unspecified atom stereocenters. The third-order valence-electron chi connectivity index (χ3n) is 4.12. The van der Waals surface area contributed by atoms with Gasteiger partial charge in [-0.3, -0.25) is 0 Å². The Labute approximate surface area is 185 Å². The molecule has 0 bridgehead atoms. The zero-order chi connectivity index (χ0) is 19.1. The van der Waals surface area contributed by atoms with Crippen LogP contribution in [-0.2, 0) is 19.7 Å². The summed E-state index contributed by atoms with van der Waals surface area (Å²) in [5, 5.41) is 4.14. The van der Waals surface area contributed by atoms with Crippen LogP contribution in [0.1, 0.15) is 16.7 Å². The summed E-state index contributed by atoms with van der Waals surface area (Å²) in [7, 11) is 1.64. The van der Waals surface area contributed by atoms with E-state index in [1.54, 1.807) is 7.11 Å². The second-order valence-corrected chi connectivity index (χ2v) is 7.34. The minimum Gasteiger partial charge on any atom is -1.00 e. The smallest absolute Gasteiger partial charge is 0.175 e. The molecule has 0 fully saturated rings. The molecule has 28 heavy (non-hydrogen) atoms. The van der Waals surface area contributed by atoms with Crippen molar-refractivity contribution in [2.75, 3.05) is 7.11 Å². The highest BCUT2D eigenvalue weighted by Gasteiger charge is 2.13. The van der Waals surface area contributed by atoms with Crippen LogP contribution in [0.15, 0.2) is 71.2 Å². The molecule has 0 saturated heterocycles. The van der Waals surface area contributed by atoms with E-state index in [4.69, 9.17) is 21.1 Å². The number of benzene rings is 3. The van der Waals surface area contributed by atoms with E-state index >= 15 is 0 Å². The van der Waals surface area contributed by atoms with Crippen LogP contribution < -0.4 is 27.2 Å². The molecule has 6 heteroatoms. The number of methoxy groups -OCH3 is 1. The summed E-state index contributed by atoms with van der Waals surface area (Å²) in [6.45, 7) is 1.92. The molecule has 3 rings (SSSR count). The van der Waals surface area contributed by atoms with Gasteiger partial charge in [-0.25, -0.2) is 0 Å². The molecule has 3 nitrogen and oxygen atoms in total. The van der Waals surface area contributed by atoms with Gasteiger partial charge in [0.15, 0.2) is 11.5 Å². The summed E-state index contributed by atoms with van der Waals surface area (Å²) in [4.78, 5) is 0. The van der Waals surface area contributed by atoms with Crippen molar-refractivity contribution in [2.45, 2.75) is 19.7 Å². The molecule has 0 amide bonds. The Bertz CT molecular complexity index is 891. The Morgan fingerprint density at radius 1 is 0.929 bits per heavy atom. The first-order chi connectivity index (χ1) is 13.2. The van der Waals surface area contributed by atoms with Gasteiger partial charge < -0.3 is 27.2 Å². The Morgan fingerprint density at radius 3 is 2.32 bits per heavy atom. The molecule has 0 atom stereocenters. The molecule has 148 valence electrons. The average Bonchev–Trinajstić information content (AvgIpc) is 2.69. The quantitative estimate of drug-likeness (QED) is 0.536. The Kier molecular flexibility index (Phi) is 9.13. The maximum absolute atomic E-state index is 6.21. The molecule has 0 heterocycles. The van der Waals surface area contributed by atoms with Crippen LogP contribution in [0.2, 0.25) is 5.02 Å². The maximum Gasteiger partial charge on any atom is 0.175 e. The number of hydrogen-bond donors (Lipinski definition) is 1. The summed E-state index contributed by atoms with van der Waals surface area (Å²) in [5.41, 5.74) is 3.30. The van der Waals surface area contributed by atoms with Crippen LogP contribution in [0.4, 0.5) is 0 Å². The van der Waals surface area contributed by atoms with Gasteiger partial charge in [-0.1, -0.05) is 60.1 Å². The molecular formula is C22H21BrCl2NO2-. The number of halogens is 3. The highest BCUT2D eigenvalue weighted by molar-refractivity contribution is 9.10. The second-order valence-electron chi connectivity index (χ2n) is 6.08. The van der Waals surface area contributed by atoms with E-state index in [2.05, 4.69) is 33.4 Å². The second kappa shape index (κ2) is 11.3. The van der Waals surface area contributed by atoms with E-state index in [9.17, 15) is 0 Å². The highest BCUT2D eigenvalue weighted by atomic mass is 79.9. The van der Waals surface area contributed by atoms with Gasteiger partial charge in [0.2, 0.25) is 0 Å². The molecule has 3 aromatic carbocycles. The van der Waals surface area contributed by atoms with Crippen molar-refractivity contribution in [1.29, 1.82) is 0 Å². The van der Waals surface area contributed by atoms with Gasteiger partial charge >= 0.3 is 0 Å². The van der Waals surface area contributed by atoms with Gasteiger partial charge in [0, 0.05) is 23.7 Å². The molecule has 0 aromatic heterocycles. The summed E-state index contributed by atoms with van der Waals surface area (Å²) in [6, 6.07) is 22.0. The summed E-state index contributed by atoms with van der Waals surface area (Å²) in [6.07, 6.45) is 0. The van der Waals surface area contributed by atoms with E-state index in [1.807, 2.05) is 54.6 Å². The fourth-order valence-corrected chi connectivity index (χ4v) is 3.52. The third kappa shape index (κ3) is 6.14. The standard InChI is InChI=1S/C22H21BrClNO2.ClH/c1-26-21-12-17(14-25-13-16-7-3-2-4-8-16)11-19(23)22(21)27-15-18-9-5-6-10-20(18)24;/h2-12,25H,13-15H2,1H3;1H/p-1. The van der Waals surface area contributed by atoms with E-state index in [1.165, 1.54) is 5.56 Å². The molecule has 3 aromatic rings. The molecule has 0 radical (unpaired) electrons.